The van der Waals surface area contributed by atoms with Crippen molar-refractivity contribution in [3.8, 4) is 5.75 Å². The summed E-state index contributed by atoms with van der Waals surface area (Å²) in [6.45, 7) is 1.07. The van der Waals surface area contributed by atoms with Gasteiger partial charge in [-0.15, -0.1) is 0 Å². The van der Waals surface area contributed by atoms with Crippen LogP contribution in [0.25, 0.3) is 10.8 Å². The topological polar surface area (TPSA) is 86.2 Å². The van der Waals surface area contributed by atoms with Crippen LogP contribution in [-0.4, -0.2) is 53.4 Å². The molecule has 12 heteroatoms. The summed E-state index contributed by atoms with van der Waals surface area (Å²) in [5.74, 6) is 0.111. The Morgan fingerprint density at radius 2 is 1.78 bits per heavy atom. The number of amides is 2. The van der Waals surface area contributed by atoms with Crippen LogP contribution in [0.4, 0.5) is 34.1 Å². The molecule has 1 atom stereocenters. The lowest BCUT2D eigenvalue weighted by Crippen LogP contribution is -2.52. The summed E-state index contributed by atoms with van der Waals surface area (Å²) in [4.78, 5) is 34.6. The number of benzene rings is 3. The Labute approximate surface area is 262 Å². The number of piperidine rings is 1. The smallest absolute Gasteiger partial charge is 0.449 e. The predicted octanol–water partition coefficient (Wildman–Crippen LogP) is 8.18. The van der Waals surface area contributed by atoms with E-state index in [1.54, 1.807) is 37.6 Å². The normalized spacial score (nSPS) is 16.8. The molecule has 0 saturated carbocycles. The summed E-state index contributed by atoms with van der Waals surface area (Å²) in [6.07, 6.45) is -0.665. The van der Waals surface area contributed by atoms with Crippen molar-refractivity contribution < 1.29 is 32.6 Å². The first-order valence-corrected chi connectivity index (χ1v) is 14.9. The van der Waals surface area contributed by atoms with Gasteiger partial charge in [-0.25, -0.2) is 9.59 Å². The number of nitrogens with zero attached hydrogens (tertiary/aromatic N) is 4. The van der Waals surface area contributed by atoms with E-state index >= 15 is 0 Å². The van der Waals surface area contributed by atoms with Gasteiger partial charge in [-0.05, 0) is 90.7 Å². The molecule has 1 N–H and O–H groups in total. The van der Waals surface area contributed by atoms with E-state index in [9.17, 15) is 22.8 Å². The van der Waals surface area contributed by atoms with Gasteiger partial charge in [-0.2, -0.15) is 13.2 Å². The molecule has 1 aliphatic heterocycles. The van der Waals surface area contributed by atoms with Crippen LogP contribution in [0, 0.1) is 0 Å². The number of anilines is 2. The molecule has 234 valence electrons. The number of aromatic nitrogens is 1. The fraction of sp³-hybridized carbons (Fsp3) is 0.303. The Kier molecular flexibility index (Phi) is 8.22. The second kappa shape index (κ2) is 12.1. The Hall–Kier alpha value is -4.51. The van der Waals surface area contributed by atoms with Gasteiger partial charge >= 0.3 is 18.4 Å². The van der Waals surface area contributed by atoms with Crippen LogP contribution in [0.1, 0.15) is 42.0 Å². The number of urea groups is 1. The van der Waals surface area contributed by atoms with Gasteiger partial charge in [0.05, 0.1) is 17.3 Å². The van der Waals surface area contributed by atoms with Crippen molar-refractivity contribution in [2.75, 3.05) is 29.9 Å². The first kappa shape index (κ1) is 30.5. The average molecular weight is 639 g/mol. The number of carbonyl (C=O) groups is 2. The van der Waals surface area contributed by atoms with Gasteiger partial charge in [-0.1, -0.05) is 23.7 Å². The zero-order valence-corrected chi connectivity index (χ0v) is 25.1. The third-order valence-electron chi connectivity index (χ3n) is 8.69. The van der Waals surface area contributed by atoms with Crippen molar-refractivity contribution in [1.82, 2.24) is 9.88 Å². The van der Waals surface area contributed by atoms with Crippen molar-refractivity contribution in [1.29, 1.82) is 0 Å². The minimum atomic E-state index is -4.75. The van der Waals surface area contributed by atoms with Crippen LogP contribution >= 0.6 is 11.6 Å². The van der Waals surface area contributed by atoms with E-state index in [2.05, 4.69) is 16.0 Å². The van der Waals surface area contributed by atoms with Gasteiger partial charge < -0.3 is 19.6 Å². The van der Waals surface area contributed by atoms with Crippen molar-refractivity contribution in [3.05, 3.63) is 94.8 Å². The average Bonchev–Trinajstić information content (AvgIpc) is 3.44. The maximum atomic E-state index is 14.4. The Balaban J connectivity index is 1.31. The number of hydrogen-bond acceptors (Lipinski definition) is 5. The molecule has 4 aromatic rings. The molecule has 1 fully saturated rings. The number of alkyl halides is 3. The number of carbonyl (C=O) groups excluding carboxylic acids is 1. The first-order valence-electron chi connectivity index (χ1n) is 14.5. The highest BCUT2D eigenvalue weighted by Crippen LogP contribution is 2.43. The highest BCUT2D eigenvalue weighted by Gasteiger charge is 2.41. The fourth-order valence-electron chi connectivity index (χ4n) is 6.48. The molecule has 1 unspecified atom stereocenters. The second-order valence-electron chi connectivity index (χ2n) is 11.3. The van der Waals surface area contributed by atoms with Crippen molar-refractivity contribution in [2.45, 2.75) is 43.9 Å². The Morgan fingerprint density at radius 1 is 1.00 bits per heavy atom. The molecule has 2 heterocycles. The van der Waals surface area contributed by atoms with E-state index in [1.165, 1.54) is 21.9 Å². The fourth-order valence-corrected chi connectivity index (χ4v) is 6.65. The van der Waals surface area contributed by atoms with E-state index in [1.807, 2.05) is 18.2 Å². The number of fused-ring (bicyclic) bond motifs is 2. The van der Waals surface area contributed by atoms with E-state index in [4.69, 9.17) is 21.4 Å². The van der Waals surface area contributed by atoms with Gasteiger partial charge in [0, 0.05) is 54.7 Å². The quantitative estimate of drug-likeness (QED) is 0.175. The second-order valence-corrected chi connectivity index (χ2v) is 11.8. The summed E-state index contributed by atoms with van der Waals surface area (Å²) in [6, 6.07) is 14.8. The van der Waals surface area contributed by atoms with Gasteiger partial charge in [0.1, 0.15) is 5.75 Å². The van der Waals surface area contributed by atoms with Gasteiger partial charge in [-0.3, -0.25) is 9.88 Å². The Bertz CT molecular complexity index is 1760. The Morgan fingerprint density at radius 3 is 2.51 bits per heavy atom. The summed E-state index contributed by atoms with van der Waals surface area (Å²) >= 11 is 6.02. The molecule has 1 saturated heterocycles. The molecule has 2 aliphatic rings. The number of halogens is 4. The molecule has 0 radical (unpaired) electrons. The van der Waals surface area contributed by atoms with Crippen molar-refractivity contribution >= 4 is 45.9 Å². The molecule has 2 amide bonds. The minimum absolute atomic E-state index is 0.0798. The minimum Gasteiger partial charge on any atom is -0.449 e. The maximum absolute atomic E-state index is 14.4. The molecule has 0 spiro atoms. The summed E-state index contributed by atoms with van der Waals surface area (Å²) in [5, 5.41) is 11.0. The molecular formula is C33H30ClF3N4O4. The van der Waals surface area contributed by atoms with Crippen LogP contribution < -0.4 is 14.5 Å². The summed E-state index contributed by atoms with van der Waals surface area (Å²) in [5.41, 5.74) is 1.39. The monoisotopic (exact) mass is 638 g/mol. The predicted molar refractivity (Wildman–Crippen MR) is 165 cm³/mol. The standard InChI is InChI=1S/C33H30ClF3N4O4/c1-39(29-8-4-20-3-7-26(18-27(20)29)45-32(43)44)31(42)41(30-9-5-23(34)17-28(30)33(35,36)37)24-11-14-40(15-12-24)25-6-2-22-19-38-13-10-21(22)16-25/h2-3,5-7,9-10,13,16-19,24,29H,4,8,11-12,14-15H2,1H3,(H,43,44). The van der Waals surface area contributed by atoms with Crippen molar-refractivity contribution in [3.63, 3.8) is 0 Å². The van der Waals surface area contributed by atoms with Gasteiger partial charge in [0.15, 0.2) is 0 Å². The lowest BCUT2D eigenvalue weighted by atomic mass is 9.99. The van der Waals surface area contributed by atoms with Gasteiger partial charge in [0.25, 0.3) is 0 Å². The molecule has 1 aromatic heterocycles. The number of hydrogen-bond donors (Lipinski definition) is 1. The van der Waals surface area contributed by atoms with E-state index in [-0.39, 0.29) is 16.5 Å². The van der Waals surface area contributed by atoms with E-state index in [0.29, 0.717) is 44.3 Å². The number of ether oxygens (including phenoxy) is 1. The molecule has 0 bridgehead atoms. The summed E-state index contributed by atoms with van der Waals surface area (Å²) in [7, 11) is 1.57. The highest BCUT2D eigenvalue weighted by atomic mass is 35.5. The van der Waals surface area contributed by atoms with Gasteiger partial charge in [0.2, 0.25) is 0 Å². The van der Waals surface area contributed by atoms with E-state index in [0.717, 1.165) is 28.1 Å². The maximum Gasteiger partial charge on any atom is 0.511 e. The molecule has 45 heavy (non-hydrogen) atoms. The third-order valence-corrected chi connectivity index (χ3v) is 8.92. The van der Waals surface area contributed by atoms with E-state index < -0.39 is 36.0 Å². The molecule has 3 aromatic carbocycles. The molecule has 1 aliphatic carbocycles. The number of pyridine rings is 1. The van der Waals surface area contributed by atoms with Crippen LogP contribution in [0.2, 0.25) is 5.02 Å². The number of carboxylic acid groups (broad SMARTS) is 1. The van der Waals surface area contributed by atoms with Crippen LogP contribution in [-0.2, 0) is 12.6 Å². The number of aryl methyl sites for hydroxylation is 1. The zero-order valence-electron chi connectivity index (χ0n) is 24.3. The molecule has 8 nitrogen and oxygen atoms in total. The summed E-state index contributed by atoms with van der Waals surface area (Å²) < 4.78 is 48.0. The molecule has 6 rings (SSSR count). The zero-order chi connectivity index (χ0) is 31.9. The van der Waals surface area contributed by atoms with Crippen LogP contribution in [0.15, 0.2) is 73.1 Å². The lowest BCUT2D eigenvalue weighted by Gasteiger charge is -2.42. The molecular weight excluding hydrogens is 609 g/mol. The van der Waals surface area contributed by atoms with Crippen molar-refractivity contribution in [2.24, 2.45) is 0 Å². The highest BCUT2D eigenvalue weighted by molar-refractivity contribution is 6.30. The largest absolute Gasteiger partial charge is 0.511 e. The first-order chi connectivity index (χ1) is 21.5. The van der Waals surface area contributed by atoms with Crippen LogP contribution in [0.5, 0.6) is 5.75 Å². The third kappa shape index (κ3) is 6.22. The SMILES string of the molecule is CN(C(=O)N(c1ccc(Cl)cc1C(F)(F)F)C1CCN(c2ccc3cnccc3c2)CC1)C1CCc2ccc(OC(=O)O)cc21. The van der Waals surface area contributed by atoms with Crippen LogP contribution in [0.3, 0.4) is 0 Å². The number of rotatable bonds is 5. The lowest BCUT2D eigenvalue weighted by molar-refractivity contribution is -0.137.